The summed E-state index contributed by atoms with van der Waals surface area (Å²) in [5.41, 5.74) is 0. The van der Waals surface area contributed by atoms with E-state index in [-0.39, 0.29) is 25.3 Å². The highest BCUT2D eigenvalue weighted by molar-refractivity contribution is 7.79. The van der Waals surface area contributed by atoms with Crippen LogP contribution in [-0.4, -0.2) is 76.3 Å². The molecule has 1 fully saturated rings. The number of hydrogen-bond donors (Lipinski definition) is 2. The van der Waals surface area contributed by atoms with Gasteiger partial charge in [-0.25, -0.2) is 9.00 Å². The third-order valence-corrected chi connectivity index (χ3v) is 4.67. The smallest absolute Gasteiger partial charge is 0.407 e. The van der Waals surface area contributed by atoms with E-state index in [9.17, 15) is 23.4 Å². The van der Waals surface area contributed by atoms with Crippen molar-refractivity contribution in [3.8, 4) is 0 Å². The minimum Gasteiger partial charge on any atom is -0.458 e. The highest BCUT2D eigenvalue weighted by Gasteiger charge is 2.49. The van der Waals surface area contributed by atoms with E-state index in [0.29, 0.717) is 0 Å². The maximum atomic E-state index is 11.8. The molecule has 1 aliphatic rings. The lowest BCUT2D eigenvalue weighted by atomic mass is 9.90. The van der Waals surface area contributed by atoms with Crippen molar-refractivity contribution >= 4 is 35.1 Å². The molecule has 0 radical (unpaired) electrons. The summed E-state index contributed by atoms with van der Waals surface area (Å²) in [6, 6.07) is 0. The van der Waals surface area contributed by atoms with Gasteiger partial charge in [-0.15, -0.1) is 0 Å². The molecule has 1 aliphatic heterocycles. The van der Waals surface area contributed by atoms with E-state index >= 15 is 0 Å². The monoisotopic (exact) mass is 453 g/mol. The summed E-state index contributed by atoms with van der Waals surface area (Å²) in [7, 11) is 0. The SMILES string of the molecule is CC(=O)O[C@H]1O[C@H](COC(=O)NCCCS(=O)O)[C@@H](C)[C@H](OC(C)=O)[C@H]1OC(C)=O. The Labute approximate surface area is 176 Å². The van der Waals surface area contributed by atoms with Crippen LogP contribution in [0.25, 0.3) is 0 Å². The number of rotatable bonds is 9. The van der Waals surface area contributed by atoms with E-state index in [2.05, 4.69) is 5.32 Å². The molecule has 0 aliphatic carbocycles. The molecule has 13 heteroatoms. The molecule has 2 N–H and O–H groups in total. The second-order valence-electron chi connectivity index (χ2n) is 6.56. The van der Waals surface area contributed by atoms with Gasteiger partial charge in [-0.3, -0.25) is 14.4 Å². The Kier molecular flexibility index (Phi) is 10.7. The summed E-state index contributed by atoms with van der Waals surface area (Å²) in [6.07, 6.45) is -4.94. The quantitative estimate of drug-likeness (QED) is 0.211. The Morgan fingerprint density at radius 2 is 1.57 bits per heavy atom. The molecule has 6 atom stereocenters. The van der Waals surface area contributed by atoms with Gasteiger partial charge in [0, 0.05) is 33.2 Å². The van der Waals surface area contributed by atoms with Crippen LogP contribution >= 0.6 is 0 Å². The fraction of sp³-hybridized carbons (Fsp3) is 0.765. The molecular formula is C17H27NO11S. The third-order valence-electron chi connectivity index (χ3n) is 4.04. The van der Waals surface area contributed by atoms with Crippen LogP contribution in [0.15, 0.2) is 0 Å². The van der Waals surface area contributed by atoms with Crippen LogP contribution in [-0.2, 0) is 49.1 Å². The first-order valence-corrected chi connectivity index (χ1v) is 10.4. The Balaban J connectivity index is 2.81. The third kappa shape index (κ3) is 9.05. The largest absolute Gasteiger partial charge is 0.458 e. The van der Waals surface area contributed by atoms with Gasteiger partial charge in [-0.05, 0) is 6.42 Å². The number of ether oxygens (including phenoxy) is 5. The maximum absolute atomic E-state index is 11.8. The summed E-state index contributed by atoms with van der Waals surface area (Å²) in [4.78, 5) is 46.2. The lowest BCUT2D eigenvalue weighted by Gasteiger charge is -2.43. The van der Waals surface area contributed by atoms with Crippen molar-refractivity contribution in [2.75, 3.05) is 18.9 Å². The van der Waals surface area contributed by atoms with Crippen molar-refractivity contribution in [3.63, 3.8) is 0 Å². The number of carbonyl (C=O) groups excluding carboxylic acids is 4. The van der Waals surface area contributed by atoms with Gasteiger partial charge in [0.2, 0.25) is 12.4 Å². The maximum Gasteiger partial charge on any atom is 0.407 e. The number of esters is 3. The Hall–Kier alpha value is -2.25. The summed E-state index contributed by atoms with van der Waals surface area (Å²) in [6.45, 7) is 4.94. The first kappa shape index (κ1) is 25.8. The van der Waals surface area contributed by atoms with Gasteiger partial charge in [0.1, 0.15) is 18.8 Å². The van der Waals surface area contributed by atoms with Crippen molar-refractivity contribution in [3.05, 3.63) is 0 Å². The van der Waals surface area contributed by atoms with E-state index in [1.807, 2.05) is 0 Å². The highest BCUT2D eigenvalue weighted by atomic mass is 32.2. The van der Waals surface area contributed by atoms with Crippen LogP contribution in [0.1, 0.15) is 34.1 Å². The lowest BCUT2D eigenvalue weighted by molar-refractivity contribution is -0.285. The van der Waals surface area contributed by atoms with Gasteiger partial charge in [0.25, 0.3) is 0 Å². The molecular weight excluding hydrogens is 426 g/mol. The number of nitrogens with one attached hydrogen (secondary N) is 1. The standard InChI is InChI=1S/C17H27NO11S/c1-9-13(8-25-17(22)18-6-5-7-30(23)24)29-16(28-12(4)21)15(27-11(3)20)14(9)26-10(2)19/h9,13-16H,5-8H2,1-4H3,(H,18,22)(H,23,24)/t9-,13-,14+,15-,16+/m1/s1. The van der Waals surface area contributed by atoms with E-state index < -0.39 is 65.6 Å². The molecule has 12 nitrogen and oxygen atoms in total. The molecule has 0 spiro atoms. The molecule has 0 bridgehead atoms. The molecule has 172 valence electrons. The van der Waals surface area contributed by atoms with Crippen LogP contribution in [0, 0.1) is 5.92 Å². The molecule has 0 saturated carbocycles. The van der Waals surface area contributed by atoms with Crippen molar-refractivity contribution in [2.24, 2.45) is 5.92 Å². The average molecular weight is 453 g/mol. The first-order valence-electron chi connectivity index (χ1n) is 9.16. The molecule has 1 rings (SSSR count). The van der Waals surface area contributed by atoms with Crippen LogP contribution in [0.4, 0.5) is 4.79 Å². The average Bonchev–Trinajstić information content (AvgIpc) is 2.61. The summed E-state index contributed by atoms with van der Waals surface area (Å²) >= 11 is -1.95. The Morgan fingerprint density at radius 3 is 2.10 bits per heavy atom. The number of hydrogen-bond acceptors (Lipinski definition) is 10. The first-order chi connectivity index (χ1) is 14.0. The minimum atomic E-state index is -1.95. The summed E-state index contributed by atoms with van der Waals surface area (Å²) < 4.78 is 45.5. The minimum absolute atomic E-state index is 0.00865. The van der Waals surface area contributed by atoms with Crippen LogP contribution in [0.3, 0.4) is 0 Å². The second-order valence-corrected chi connectivity index (χ2v) is 7.62. The van der Waals surface area contributed by atoms with Gasteiger partial charge < -0.3 is 33.6 Å². The van der Waals surface area contributed by atoms with Crippen molar-refractivity contribution in [1.29, 1.82) is 0 Å². The van der Waals surface area contributed by atoms with Crippen LogP contribution < -0.4 is 5.32 Å². The van der Waals surface area contributed by atoms with Crippen LogP contribution in [0.5, 0.6) is 0 Å². The molecule has 0 aromatic heterocycles. The zero-order chi connectivity index (χ0) is 22.8. The zero-order valence-corrected chi connectivity index (χ0v) is 18.0. The second kappa shape index (κ2) is 12.4. The van der Waals surface area contributed by atoms with Gasteiger partial charge in [0.05, 0.1) is 5.75 Å². The van der Waals surface area contributed by atoms with Crippen molar-refractivity contribution < 1.29 is 51.6 Å². The predicted molar refractivity (Wildman–Crippen MR) is 100 cm³/mol. The van der Waals surface area contributed by atoms with E-state index in [1.165, 1.54) is 6.92 Å². The molecule has 30 heavy (non-hydrogen) atoms. The number of carbonyl (C=O) groups is 4. The predicted octanol–water partition coefficient (Wildman–Crippen LogP) is 0.112. The fourth-order valence-corrected chi connectivity index (χ4v) is 3.16. The van der Waals surface area contributed by atoms with Gasteiger partial charge in [-0.1, -0.05) is 6.92 Å². The number of alkyl carbamates (subject to hydrolysis) is 1. The summed E-state index contributed by atoms with van der Waals surface area (Å²) in [5.74, 6) is -2.63. The highest BCUT2D eigenvalue weighted by Crippen LogP contribution is 2.31. The Morgan fingerprint density at radius 1 is 1.00 bits per heavy atom. The van der Waals surface area contributed by atoms with E-state index in [4.69, 9.17) is 28.2 Å². The van der Waals surface area contributed by atoms with Crippen molar-refractivity contribution in [1.82, 2.24) is 5.32 Å². The molecule has 1 amide bonds. The summed E-state index contributed by atoms with van der Waals surface area (Å²) in [5, 5.41) is 2.41. The van der Waals surface area contributed by atoms with Crippen molar-refractivity contribution in [2.45, 2.75) is 58.7 Å². The molecule has 1 heterocycles. The zero-order valence-electron chi connectivity index (χ0n) is 17.2. The molecule has 0 aromatic rings. The molecule has 1 unspecified atom stereocenters. The fourth-order valence-electron chi connectivity index (χ4n) is 2.76. The normalized spacial score (nSPS) is 26.8. The van der Waals surface area contributed by atoms with Gasteiger partial charge in [0.15, 0.2) is 11.1 Å². The molecule has 1 saturated heterocycles. The number of amides is 1. The van der Waals surface area contributed by atoms with Gasteiger partial charge >= 0.3 is 24.0 Å². The topological polar surface area (TPSA) is 164 Å². The van der Waals surface area contributed by atoms with Gasteiger partial charge in [-0.2, -0.15) is 0 Å². The van der Waals surface area contributed by atoms with Crippen LogP contribution in [0.2, 0.25) is 0 Å². The Bertz CT molecular complexity index is 656. The lowest BCUT2D eigenvalue weighted by Crippen LogP contribution is -2.58. The van der Waals surface area contributed by atoms with E-state index in [1.54, 1.807) is 6.92 Å². The van der Waals surface area contributed by atoms with E-state index in [0.717, 1.165) is 13.8 Å². The molecule has 0 aromatic carbocycles.